The highest BCUT2D eigenvalue weighted by Gasteiger charge is 2.42. The molecule has 1 aromatic carbocycles. The van der Waals surface area contributed by atoms with Crippen molar-refractivity contribution >= 4 is 39.5 Å². The Bertz CT molecular complexity index is 965. The first-order valence-corrected chi connectivity index (χ1v) is 10.3. The first-order valence-electron chi connectivity index (χ1n) is 9.27. The van der Waals surface area contributed by atoms with Gasteiger partial charge in [-0.25, -0.2) is 4.39 Å². The summed E-state index contributed by atoms with van der Waals surface area (Å²) in [4.78, 5) is 43.6. The number of thioether (sulfide) groups is 1. The fourth-order valence-electron chi connectivity index (χ4n) is 3.92. The predicted molar refractivity (Wildman–Crippen MR) is 105 cm³/mol. The number of aryl methyl sites for hydroxylation is 1. The van der Waals surface area contributed by atoms with Crippen LogP contribution in [-0.4, -0.2) is 51.2 Å². The molecule has 2 atom stereocenters. The monoisotopic (exact) mass is 401 g/mol. The van der Waals surface area contributed by atoms with Gasteiger partial charge in [0.2, 0.25) is 5.12 Å². The average Bonchev–Trinajstić information content (AvgIpc) is 3.00. The van der Waals surface area contributed by atoms with Crippen LogP contribution in [0, 0.1) is 12.7 Å². The van der Waals surface area contributed by atoms with Crippen LogP contribution in [0.1, 0.15) is 35.3 Å². The molecule has 6 nitrogen and oxygen atoms in total. The van der Waals surface area contributed by atoms with Gasteiger partial charge >= 0.3 is 0 Å². The van der Waals surface area contributed by atoms with E-state index >= 15 is 0 Å². The second-order valence-electron chi connectivity index (χ2n) is 7.17. The van der Waals surface area contributed by atoms with Gasteiger partial charge < -0.3 is 5.32 Å². The number of piperidine rings is 1. The predicted octanol–water partition coefficient (Wildman–Crippen LogP) is 2.44. The number of benzene rings is 1. The smallest absolute Gasteiger partial charge is 0.253 e. The van der Waals surface area contributed by atoms with Crippen LogP contribution in [0.15, 0.2) is 24.3 Å². The highest BCUT2D eigenvalue weighted by atomic mass is 32.2. The van der Waals surface area contributed by atoms with Crippen LogP contribution in [0.3, 0.4) is 0 Å². The number of carbonyl (C=O) groups is 3. The average molecular weight is 401 g/mol. The Kier molecular flexibility index (Phi) is 5.16. The highest BCUT2D eigenvalue weighted by Crippen LogP contribution is 2.27. The Morgan fingerprint density at radius 2 is 2.11 bits per heavy atom. The Labute approximate surface area is 165 Å². The van der Waals surface area contributed by atoms with Crippen molar-refractivity contribution in [1.82, 2.24) is 15.2 Å². The number of ketones is 1. The van der Waals surface area contributed by atoms with E-state index in [1.165, 1.54) is 12.1 Å². The van der Waals surface area contributed by atoms with E-state index in [9.17, 15) is 18.8 Å². The Hall–Kier alpha value is -2.32. The third kappa shape index (κ3) is 3.54. The lowest BCUT2D eigenvalue weighted by Crippen LogP contribution is -2.57. The van der Waals surface area contributed by atoms with Gasteiger partial charge in [-0.15, -0.1) is 0 Å². The summed E-state index contributed by atoms with van der Waals surface area (Å²) in [5.74, 6) is -0.716. The number of aromatic nitrogens is 1. The van der Waals surface area contributed by atoms with E-state index in [0.29, 0.717) is 35.1 Å². The number of halogens is 1. The van der Waals surface area contributed by atoms with Gasteiger partial charge in [0, 0.05) is 17.6 Å². The molecule has 2 fully saturated rings. The summed E-state index contributed by atoms with van der Waals surface area (Å²) in [6.07, 6.45) is 2.02. The molecule has 1 N–H and O–H groups in total. The Morgan fingerprint density at radius 1 is 1.29 bits per heavy atom. The molecule has 2 saturated heterocycles. The summed E-state index contributed by atoms with van der Waals surface area (Å²) in [6.45, 7) is 2.36. The van der Waals surface area contributed by atoms with Crippen LogP contribution in [-0.2, 0) is 9.59 Å². The van der Waals surface area contributed by atoms with E-state index in [4.69, 9.17) is 0 Å². The molecule has 28 heavy (non-hydrogen) atoms. The van der Waals surface area contributed by atoms with E-state index in [2.05, 4.69) is 10.3 Å². The van der Waals surface area contributed by atoms with E-state index in [-0.39, 0.29) is 22.6 Å². The lowest BCUT2D eigenvalue weighted by atomic mass is 10.0. The second kappa shape index (κ2) is 7.60. The molecule has 0 radical (unpaired) electrons. The van der Waals surface area contributed by atoms with Gasteiger partial charge in [-0.2, -0.15) is 0 Å². The van der Waals surface area contributed by atoms with Crippen molar-refractivity contribution in [2.45, 2.75) is 38.4 Å². The molecule has 3 heterocycles. The minimum absolute atomic E-state index is 0.108. The minimum Gasteiger partial charge on any atom is -0.336 e. The number of likely N-dealkylation sites (tertiary alicyclic amines) is 1. The van der Waals surface area contributed by atoms with Crippen molar-refractivity contribution in [3.8, 4) is 0 Å². The number of nitrogens with zero attached hydrogens (tertiary/aromatic N) is 2. The van der Waals surface area contributed by atoms with Crippen molar-refractivity contribution in [2.75, 3.05) is 12.3 Å². The zero-order valence-corrected chi connectivity index (χ0v) is 16.2. The van der Waals surface area contributed by atoms with Gasteiger partial charge in [0.05, 0.1) is 23.0 Å². The van der Waals surface area contributed by atoms with E-state index in [1.807, 2.05) is 4.90 Å². The molecule has 2 aliphatic rings. The van der Waals surface area contributed by atoms with Crippen molar-refractivity contribution in [2.24, 2.45) is 0 Å². The van der Waals surface area contributed by atoms with Gasteiger partial charge in [0.1, 0.15) is 11.9 Å². The molecule has 146 valence electrons. The molecule has 4 rings (SSSR count). The molecule has 2 aromatic rings. The highest BCUT2D eigenvalue weighted by molar-refractivity contribution is 8.15. The summed E-state index contributed by atoms with van der Waals surface area (Å²) in [5, 5.41) is 3.25. The normalized spacial score (nSPS) is 23.4. The fourth-order valence-corrected chi connectivity index (χ4v) is 4.78. The fraction of sp³-hybridized carbons (Fsp3) is 0.400. The topological polar surface area (TPSA) is 79.4 Å². The third-order valence-electron chi connectivity index (χ3n) is 5.20. The summed E-state index contributed by atoms with van der Waals surface area (Å²) >= 11 is 1.04. The SMILES string of the molecule is Cc1cc(C(=O)NC2CCCCN2C2C(=O)CSC2=O)c2cc(F)ccc2n1. The molecule has 0 spiro atoms. The zero-order chi connectivity index (χ0) is 19.8. The number of Topliss-reactive ketones (excluding diaryl/α,β-unsaturated/α-hetero) is 1. The lowest BCUT2D eigenvalue weighted by molar-refractivity contribution is -0.129. The number of fused-ring (bicyclic) bond motifs is 1. The number of nitrogens with one attached hydrogen (secondary N) is 1. The van der Waals surface area contributed by atoms with Gasteiger partial charge in [0.15, 0.2) is 5.78 Å². The standard InChI is InChI=1S/C20H20FN3O3S/c1-11-8-14(13-9-12(21)5-6-15(13)22-11)19(26)23-17-4-2-3-7-24(17)18-16(25)10-28-20(18)27/h5-6,8-9,17-18H,2-4,7,10H2,1H3,(H,23,26). The van der Waals surface area contributed by atoms with Crippen LogP contribution in [0.5, 0.6) is 0 Å². The Morgan fingerprint density at radius 3 is 2.86 bits per heavy atom. The van der Waals surface area contributed by atoms with Gasteiger partial charge in [-0.1, -0.05) is 11.8 Å². The number of pyridine rings is 1. The van der Waals surface area contributed by atoms with E-state index < -0.39 is 18.0 Å². The first kappa shape index (κ1) is 19.0. The number of hydrogen-bond donors (Lipinski definition) is 1. The summed E-state index contributed by atoms with van der Waals surface area (Å²) < 4.78 is 13.7. The zero-order valence-electron chi connectivity index (χ0n) is 15.4. The molecule has 1 aromatic heterocycles. The molecule has 0 saturated carbocycles. The molecule has 2 unspecified atom stereocenters. The lowest BCUT2D eigenvalue weighted by Gasteiger charge is -2.38. The maximum absolute atomic E-state index is 13.7. The number of amides is 1. The van der Waals surface area contributed by atoms with Gasteiger partial charge in [0.25, 0.3) is 5.91 Å². The van der Waals surface area contributed by atoms with Crippen molar-refractivity contribution in [3.05, 3.63) is 41.3 Å². The minimum atomic E-state index is -0.788. The van der Waals surface area contributed by atoms with Gasteiger partial charge in [-0.3, -0.25) is 24.3 Å². The second-order valence-corrected chi connectivity index (χ2v) is 8.15. The molecule has 8 heteroatoms. The van der Waals surface area contributed by atoms with Crippen molar-refractivity contribution < 1.29 is 18.8 Å². The summed E-state index contributed by atoms with van der Waals surface area (Å²) in [7, 11) is 0. The van der Waals surface area contributed by atoms with Crippen LogP contribution in [0.25, 0.3) is 10.9 Å². The van der Waals surface area contributed by atoms with Crippen LogP contribution >= 0.6 is 11.8 Å². The molecular weight excluding hydrogens is 381 g/mol. The molecular formula is C20H20FN3O3S. The number of rotatable bonds is 3. The van der Waals surface area contributed by atoms with Crippen molar-refractivity contribution in [3.63, 3.8) is 0 Å². The van der Waals surface area contributed by atoms with Crippen LogP contribution in [0.4, 0.5) is 4.39 Å². The molecule has 2 aliphatic heterocycles. The summed E-state index contributed by atoms with van der Waals surface area (Å²) in [5.41, 5.74) is 1.54. The summed E-state index contributed by atoms with van der Waals surface area (Å²) in [6, 6.07) is 5.01. The van der Waals surface area contributed by atoms with E-state index in [1.54, 1.807) is 19.1 Å². The van der Waals surface area contributed by atoms with E-state index in [0.717, 1.165) is 24.6 Å². The number of carbonyl (C=O) groups excluding carboxylic acids is 3. The Balaban J connectivity index is 1.63. The van der Waals surface area contributed by atoms with Crippen LogP contribution < -0.4 is 5.32 Å². The molecule has 0 aliphatic carbocycles. The maximum Gasteiger partial charge on any atom is 0.253 e. The quantitative estimate of drug-likeness (QED) is 0.796. The van der Waals surface area contributed by atoms with Gasteiger partial charge in [-0.05, 0) is 50.5 Å². The number of hydrogen-bond acceptors (Lipinski definition) is 6. The molecule has 0 bridgehead atoms. The maximum atomic E-state index is 13.7. The largest absolute Gasteiger partial charge is 0.336 e. The molecule has 1 amide bonds. The third-order valence-corrected chi connectivity index (χ3v) is 6.14. The first-order chi connectivity index (χ1) is 13.4. The van der Waals surface area contributed by atoms with Crippen molar-refractivity contribution in [1.29, 1.82) is 0 Å². The van der Waals surface area contributed by atoms with Crippen LogP contribution in [0.2, 0.25) is 0 Å².